The van der Waals surface area contributed by atoms with Crippen LogP contribution in [0.3, 0.4) is 0 Å². The SMILES string of the molecule is C#Cc1cc(C(F)(F)F)ccc1[N+](=O)[O-]. The van der Waals surface area contributed by atoms with Gasteiger partial charge in [0, 0.05) is 6.07 Å². The van der Waals surface area contributed by atoms with Gasteiger partial charge in [0.05, 0.1) is 10.5 Å². The van der Waals surface area contributed by atoms with Crippen molar-refractivity contribution in [3.63, 3.8) is 0 Å². The molecule has 0 fully saturated rings. The predicted octanol–water partition coefficient (Wildman–Crippen LogP) is 2.59. The number of terminal acetylenes is 1. The molecule has 3 nitrogen and oxygen atoms in total. The van der Waals surface area contributed by atoms with Crippen molar-refractivity contribution in [2.45, 2.75) is 6.18 Å². The minimum Gasteiger partial charge on any atom is -0.258 e. The van der Waals surface area contributed by atoms with E-state index in [9.17, 15) is 23.3 Å². The molecule has 78 valence electrons. The highest BCUT2D eigenvalue weighted by molar-refractivity contribution is 5.52. The van der Waals surface area contributed by atoms with Crippen LogP contribution in [0, 0.1) is 22.5 Å². The van der Waals surface area contributed by atoms with Crippen molar-refractivity contribution < 1.29 is 18.1 Å². The van der Waals surface area contributed by atoms with Gasteiger partial charge in [-0.25, -0.2) is 0 Å². The zero-order chi connectivity index (χ0) is 11.6. The monoisotopic (exact) mass is 215 g/mol. The molecule has 0 aromatic heterocycles. The van der Waals surface area contributed by atoms with E-state index in [4.69, 9.17) is 6.42 Å². The summed E-state index contributed by atoms with van der Waals surface area (Å²) in [6.07, 6.45) is 0.324. The standard InChI is InChI=1S/C9H4F3NO2/c1-2-6-5-7(9(10,11)12)3-4-8(6)13(14)15/h1,3-5H. The van der Waals surface area contributed by atoms with Crippen LogP contribution in [0.15, 0.2) is 18.2 Å². The number of hydrogen-bond acceptors (Lipinski definition) is 2. The lowest BCUT2D eigenvalue weighted by molar-refractivity contribution is -0.385. The number of halogens is 3. The van der Waals surface area contributed by atoms with Gasteiger partial charge >= 0.3 is 6.18 Å². The van der Waals surface area contributed by atoms with Crippen molar-refractivity contribution in [1.82, 2.24) is 0 Å². The second-order valence-electron chi connectivity index (χ2n) is 2.63. The fourth-order valence-electron chi connectivity index (χ4n) is 0.987. The van der Waals surface area contributed by atoms with Crippen molar-refractivity contribution >= 4 is 5.69 Å². The van der Waals surface area contributed by atoms with Crippen molar-refractivity contribution in [3.8, 4) is 12.3 Å². The quantitative estimate of drug-likeness (QED) is 0.410. The maximum Gasteiger partial charge on any atom is 0.416 e. The Morgan fingerprint density at radius 2 is 2.00 bits per heavy atom. The van der Waals surface area contributed by atoms with Gasteiger partial charge in [0.1, 0.15) is 5.56 Å². The van der Waals surface area contributed by atoms with Gasteiger partial charge in [-0.1, -0.05) is 5.92 Å². The highest BCUT2D eigenvalue weighted by Crippen LogP contribution is 2.32. The van der Waals surface area contributed by atoms with Crippen LogP contribution in [0.2, 0.25) is 0 Å². The van der Waals surface area contributed by atoms with Gasteiger partial charge in [-0.05, 0) is 12.1 Å². The number of rotatable bonds is 1. The smallest absolute Gasteiger partial charge is 0.258 e. The number of benzene rings is 1. The van der Waals surface area contributed by atoms with Crippen LogP contribution >= 0.6 is 0 Å². The molecule has 0 unspecified atom stereocenters. The van der Waals surface area contributed by atoms with Gasteiger partial charge in [0.2, 0.25) is 0 Å². The molecular formula is C9H4F3NO2. The van der Waals surface area contributed by atoms with Crippen LogP contribution in [0.1, 0.15) is 11.1 Å². The van der Waals surface area contributed by atoms with Crippen molar-refractivity contribution in [2.75, 3.05) is 0 Å². The van der Waals surface area contributed by atoms with E-state index >= 15 is 0 Å². The number of hydrogen-bond donors (Lipinski definition) is 0. The first-order chi connectivity index (χ1) is 6.86. The Bertz CT molecular complexity index is 446. The van der Waals surface area contributed by atoms with Crippen LogP contribution in [0.25, 0.3) is 0 Å². The first-order valence-electron chi connectivity index (χ1n) is 3.68. The lowest BCUT2D eigenvalue weighted by atomic mass is 10.1. The molecule has 1 aromatic rings. The van der Waals surface area contributed by atoms with E-state index < -0.39 is 22.4 Å². The Labute approximate surface area is 82.7 Å². The zero-order valence-corrected chi connectivity index (χ0v) is 7.21. The zero-order valence-electron chi connectivity index (χ0n) is 7.21. The Morgan fingerprint density at radius 3 is 2.40 bits per heavy atom. The van der Waals surface area contributed by atoms with E-state index in [0.29, 0.717) is 12.1 Å². The number of nitrogens with zero attached hydrogens (tertiary/aromatic N) is 1. The molecule has 0 amide bonds. The van der Waals surface area contributed by atoms with Gasteiger partial charge in [-0.15, -0.1) is 6.42 Å². The largest absolute Gasteiger partial charge is 0.416 e. The Morgan fingerprint density at radius 1 is 1.40 bits per heavy atom. The summed E-state index contributed by atoms with van der Waals surface area (Å²) in [5.74, 6) is 1.85. The first-order valence-corrected chi connectivity index (χ1v) is 3.68. The van der Waals surface area contributed by atoms with E-state index in [0.717, 1.165) is 6.07 Å². The molecule has 0 saturated carbocycles. The lowest BCUT2D eigenvalue weighted by Gasteiger charge is -2.06. The molecule has 1 aromatic carbocycles. The third-order valence-electron chi connectivity index (χ3n) is 1.68. The van der Waals surface area contributed by atoms with Crippen molar-refractivity contribution in [1.29, 1.82) is 0 Å². The molecule has 0 atom stereocenters. The van der Waals surface area contributed by atoms with Crippen molar-refractivity contribution in [3.05, 3.63) is 39.4 Å². The van der Waals surface area contributed by atoms with Crippen LogP contribution in [-0.2, 0) is 6.18 Å². The third-order valence-corrected chi connectivity index (χ3v) is 1.68. The fraction of sp³-hybridized carbons (Fsp3) is 0.111. The third kappa shape index (κ3) is 2.26. The van der Waals surface area contributed by atoms with Crippen LogP contribution in [-0.4, -0.2) is 4.92 Å². The first kappa shape index (κ1) is 11.0. The molecule has 6 heteroatoms. The summed E-state index contributed by atoms with van der Waals surface area (Å²) in [7, 11) is 0. The molecule has 0 saturated heterocycles. The Kier molecular flexibility index (Phi) is 2.66. The molecule has 0 aliphatic rings. The van der Waals surface area contributed by atoms with Gasteiger partial charge in [-0.2, -0.15) is 13.2 Å². The topological polar surface area (TPSA) is 43.1 Å². The maximum atomic E-state index is 12.2. The molecule has 0 radical (unpaired) electrons. The van der Waals surface area contributed by atoms with Gasteiger partial charge in [-0.3, -0.25) is 10.1 Å². The lowest BCUT2D eigenvalue weighted by Crippen LogP contribution is -2.06. The fourth-order valence-corrected chi connectivity index (χ4v) is 0.987. The van der Waals surface area contributed by atoms with E-state index in [1.807, 2.05) is 5.92 Å². The summed E-state index contributed by atoms with van der Waals surface area (Å²) < 4.78 is 36.6. The highest BCUT2D eigenvalue weighted by Gasteiger charge is 2.31. The molecule has 0 aliphatic carbocycles. The number of nitro groups is 1. The van der Waals surface area contributed by atoms with E-state index in [2.05, 4.69) is 0 Å². The number of alkyl halides is 3. The van der Waals surface area contributed by atoms with E-state index in [1.54, 1.807) is 0 Å². The molecular weight excluding hydrogens is 211 g/mol. The molecule has 15 heavy (non-hydrogen) atoms. The summed E-state index contributed by atoms with van der Waals surface area (Å²) in [5, 5.41) is 10.4. The van der Waals surface area contributed by atoms with Gasteiger partial charge in [0.15, 0.2) is 0 Å². The van der Waals surface area contributed by atoms with Gasteiger partial charge in [0.25, 0.3) is 5.69 Å². The van der Waals surface area contributed by atoms with Crippen LogP contribution < -0.4 is 0 Å². The average Bonchev–Trinajstić information content (AvgIpc) is 2.15. The summed E-state index contributed by atoms with van der Waals surface area (Å²) >= 11 is 0. The highest BCUT2D eigenvalue weighted by atomic mass is 19.4. The second kappa shape index (κ2) is 3.61. The molecule has 1 rings (SSSR count). The van der Waals surface area contributed by atoms with Gasteiger partial charge < -0.3 is 0 Å². The normalized spacial score (nSPS) is 10.8. The van der Waals surface area contributed by atoms with E-state index in [1.165, 1.54) is 0 Å². The molecule has 0 N–H and O–H groups in total. The molecule has 0 bridgehead atoms. The van der Waals surface area contributed by atoms with Crippen LogP contribution in [0.4, 0.5) is 18.9 Å². The van der Waals surface area contributed by atoms with E-state index in [-0.39, 0.29) is 5.56 Å². The summed E-state index contributed by atoms with van der Waals surface area (Å²) in [6.45, 7) is 0. The van der Waals surface area contributed by atoms with Crippen molar-refractivity contribution in [2.24, 2.45) is 0 Å². The second-order valence-corrected chi connectivity index (χ2v) is 2.63. The van der Waals surface area contributed by atoms with Crippen LogP contribution in [0.5, 0.6) is 0 Å². The number of nitro benzene ring substituents is 1. The Balaban J connectivity index is 3.34. The Hall–Kier alpha value is -2.03. The minimum atomic E-state index is -4.55. The molecule has 0 spiro atoms. The molecule has 0 heterocycles. The summed E-state index contributed by atoms with van der Waals surface area (Å²) in [5.41, 5.74) is -1.89. The summed E-state index contributed by atoms with van der Waals surface area (Å²) in [6, 6.07) is 1.95. The molecule has 0 aliphatic heterocycles. The maximum absolute atomic E-state index is 12.2. The average molecular weight is 215 g/mol. The summed E-state index contributed by atoms with van der Waals surface area (Å²) in [4.78, 5) is 9.55. The predicted molar refractivity (Wildman–Crippen MR) is 46.0 cm³/mol. The minimum absolute atomic E-state index is 0.380.